The fourth-order valence-corrected chi connectivity index (χ4v) is 11.5. The first-order valence-corrected chi connectivity index (χ1v) is 21.5. The van der Waals surface area contributed by atoms with Gasteiger partial charge in [0, 0.05) is 33.3 Å². The van der Waals surface area contributed by atoms with Crippen LogP contribution in [0.15, 0.2) is 176 Å². The van der Waals surface area contributed by atoms with E-state index < -0.39 is 0 Å². The number of rotatable bonds is 4. The second-order valence-corrected chi connectivity index (χ2v) is 18.9. The third-order valence-electron chi connectivity index (χ3n) is 14.6. The van der Waals surface area contributed by atoms with Gasteiger partial charge < -0.3 is 4.90 Å². The fourth-order valence-electron chi connectivity index (χ4n) is 11.5. The second kappa shape index (κ2) is 12.2. The zero-order valence-electron chi connectivity index (χ0n) is 35.2. The Morgan fingerprint density at radius 2 is 0.800 bits per heavy atom. The zero-order chi connectivity index (χ0) is 40.7. The van der Waals surface area contributed by atoms with Gasteiger partial charge in [-0.05, 0) is 154 Å². The molecule has 0 aliphatic heterocycles. The molecule has 9 aromatic carbocycles. The van der Waals surface area contributed by atoms with Crippen molar-refractivity contribution in [3.8, 4) is 44.5 Å². The van der Waals surface area contributed by atoms with Crippen LogP contribution in [0.4, 0.5) is 17.1 Å². The molecule has 0 saturated carbocycles. The highest BCUT2D eigenvalue weighted by atomic mass is 15.1. The summed E-state index contributed by atoms with van der Waals surface area (Å²) in [6, 6.07) is 66.3. The number of fused-ring (bicyclic) bond motifs is 13. The Morgan fingerprint density at radius 1 is 0.300 bits per heavy atom. The first-order valence-electron chi connectivity index (χ1n) is 21.5. The topological polar surface area (TPSA) is 3.24 Å². The van der Waals surface area contributed by atoms with Gasteiger partial charge in [-0.3, -0.25) is 0 Å². The highest BCUT2D eigenvalue weighted by molar-refractivity contribution is 6.09. The van der Waals surface area contributed by atoms with Crippen LogP contribution >= 0.6 is 0 Å². The molecule has 0 amide bonds. The van der Waals surface area contributed by atoms with Crippen molar-refractivity contribution in [3.05, 3.63) is 209 Å². The van der Waals surface area contributed by atoms with Crippen molar-refractivity contribution < 1.29 is 0 Å². The van der Waals surface area contributed by atoms with Gasteiger partial charge in [-0.2, -0.15) is 0 Å². The van der Waals surface area contributed by atoms with Crippen LogP contribution in [-0.4, -0.2) is 0 Å². The minimum absolute atomic E-state index is 0.0862. The van der Waals surface area contributed by atoms with Crippen LogP contribution in [-0.2, 0) is 16.2 Å². The first kappa shape index (κ1) is 35.3. The average molecular weight is 770 g/mol. The highest BCUT2D eigenvalue weighted by Gasteiger charge is 2.43. The van der Waals surface area contributed by atoms with Crippen molar-refractivity contribution in [2.24, 2.45) is 0 Å². The lowest BCUT2D eigenvalue weighted by atomic mass is 9.79. The van der Waals surface area contributed by atoms with Gasteiger partial charge in [0.2, 0.25) is 0 Å². The maximum absolute atomic E-state index is 2.55. The third kappa shape index (κ3) is 4.69. The molecule has 12 rings (SSSR count). The molecule has 0 bridgehead atoms. The summed E-state index contributed by atoms with van der Waals surface area (Å²) in [6.07, 6.45) is 0. The number of anilines is 3. The lowest BCUT2D eigenvalue weighted by molar-refractivity contribution is 0.652. The molecule has 0 N–H and O–H groups in total. The van der Waals surface area contributed by atoms with Gasteiger partial charge in [0.05, 0.1) is 0 Å². The van der Waals surface area contributed by atoms with E-state index in [0.29, 0.717) is 0 Å². The number of para-hydroxylation sites is 1. The maximum atomic E-state index is 2.55. The van der Waals surface area contributed by atoms with Crippen LogP contribution in [0.5, 0.6) is 0 Å². The number of benzene rings is 9. The van der Waals surface area contributed by atoms with E-state index in [0.717, 1.165) is 5.69 Å². The molecule has 1 nitrogen and oxygen atoms in total. The van der Waals surface area contributed by atoms with E-state index >= 15 is 0 Å². The van der Waals surface area contributed by atoms with Crippen LogP contribution in [0.2, 0.25) is 0 Å². The summed E-state index contributed by atoms with van der Waals surface area (Å²) >= 11 is 0. The Kier molecular flexibility index (Phi) is 7.16. The molecule has 0 aromatic heterocycles. The molecule has 60 heavy (non-hydrogen) atoms. The summed E-state index contributed by atoms with van der Waals surface area (Å²) in [5.74, 6) is 0. The van der Waals surface area contributed by atoms with Crippen molar-refractivity contribution >= 4 is 38.6 Å². The van der Waals surface area contributed by atoms with Gasteiger partial charge in [-0.25, -0.2) is 0 Å². The average Bonchev–Trinajstić information content (AvgIpc) is 3.75. The molecule has 0 fully saturated rings. The summed E-state index contributed by atoms with van der Waals surface area (Å²) in [4.78, 5) is 2.47. The van der Waals surface area contributed by atoms with Crippen molar-refractivity contribution in [1.82, 2.24) is 0 Å². The van der Waals surface area contributed by atoms with Crippen molar-refractivity contribution in [3.63, 3.8) is 0 Å². The second-order valence-electron chi connectivity index (χ2n) is 18.9. The first-order chi connectivity index (χ1) is 29.0. The van der Waals surface area contributed by atoms with E-state index in [1.807, 2.05) is 0 Å². The molecule has 3 aliphatic carbocycles. The number of hydrogen-bond donors (Lipinski definition) is 0. The molecule has 3 aliphatic rings. The lowest BCUT2D eigenvalue weighted by Gasteiger charge is -2.29. The van der Waals surface area contributed by atoms with Crippen molar-refractivity contribution in [1.29, 1.82) is 0 Å². The molecule has 0 unspecified atom stereocenters. The molecular weight excluding hydrogens is 723 g/mol. The van der Waals surface area contributed by atoms with E-state index in [1.54, 1.807) is 0 Å². The lowest BCUT2D eigenvalue weighted by Crippen LogP contribution is -2.18. The Bertz CT molecular complexity index is 3270. The minimum Gasteiger partial charge on any atom is -0.310 e. The summed E-state index contributed by atoms with van der Waals surface area (Å²) in [5, 5.41) is 5.27. The Hall–Kier alpha value is -6.70. The zero-order valence-corrected chi connectivity index (χ0v) is 35.2. The molecular formula is C59H47N. The SMILES string of the molecule is CC1(C)c2cc(N(c3ccccc3)c3ccc4c(c3)C(C)(C)c3cc(-c5ccccc5)c5ccccc5c3-4)ccc2-c2cc3c(cc21)-c1c(ccc2ccccc12)C3(C)C. The van der Waals surface area contributed by atoms with Crippen LogP contribution in [0, 0.1) is 0 Å². The van der Waals surface area contributed by atoms with Crippen molar-refractivity contribution in [2.45, 2.75) is 57.8 Å². The maximum Gasteiger partial charge on any atom is 0.0465 e. The van der Waals surface area contributed by atoms with Gasteiger partial charge >= 0.3 is 0 Å². The molecule has 0 saturated heterocycles. The van der Waals surface area contributed by atoms with Crippen molar-refractivity contribution in [2.75, 3.05) is 4.90 Å². The highest BCUT2D eigenvalue weighted by Crippen LogP contribution is 2.59. The molecule has 0 heterocycles. The van der Waals surface area contributed by atoms with Crippen LogP contribution in [0.25, 0.3) is 66.1 Å². The normalized spacial score (nSPS) is 15.6. The predicted octanol–water partition coefficient (Wildman–Crippen LogP) is 16.0. The third-order valence-corrected chi connectivity index (χ3v) is 14.6. The van der Waals surface area contributed by atoms with E-state index in [9.17, 15) is 0 Å². The summed E-state index contributed by atoms with van der Waals surface area (Å²) < 4.78 is 0. The van der Waals surface area contributed by atoms with E-state index in [2.05, 4.69) is 222 Å². The van der Waals surface area contributed by atoms with Crippen LogP contribution in [0.3, 0.4) is 0 Å². The molecule has 0 radical (unpaired) electrons. The van der Waals surface area contributed by atoms with E-state index in [-0.39, 0.29) is 16.2 Å². The molecule has 9 aromatic rings. The number of nitrogens with zero attached hydrogens (tertiary/aromatic N) is 1. The largest absolute Gasteiger partial charge is 0.310 e. The summed E-state index contributed by atoms with van der Waals surface area (Å²) in [6.45, 7) is 14.5. The summed E-state index contributed by atoms with van der Waals surface area (Å²) in [7, 11) is 0. The van der Waals surface area contributed by atoms with Gasteiger partial charge in [0.25, 0.3) is 0 Å². The van der Waals surface area contributed by atoms with E-state index in [4.69, 9.17) is 0 Å². The van der Waals surface area contributed by atoms with Crippen LogP contribution < -0.4 is 4.90 Å². The van der Waals surface area contributed by atoms with E-state index in [1.165, 1.54) is 111 Å². The fraction of sp³-hybridized carbons (Fsp3) is 0.153. The monoisotopic (exact) mass is 769 g/mol. The molecule has 1 heteroatoms. The molecule has 0 spiro atoms. The standard InChI is InChI=1S/C59H47N/c1-57(2)49-30-25-37-19-13-14-22-41(37)55(49)48-35-52-47(34-53(48)57)43-28-26-39(31-50(43)58(52,3)4)60(38-20-11-8-12-21-38)40-27-29-45-51(32-40)59(5,6)54-33-46(36-17-9-7-10-18-36)42-23-15-16-24-44(42)56(45)54/h7-35H,1-6H3. The molecule has 0 atom stereocenters. The Labute approximate surface area is 353 Å². The van der Waals surface area contributed by atoms with Crippen LogP contribution in [0.1, 0.15) is 74.9 Å². The van der Waals surface area contributed by atoms with Gasteiger partial charge in [0.1, 0.15) is 0 Å². The quantitative estimate of drug-likeness (QED) is 0.172. The Balaban J connectivity index is 1.00. The smallest absolute Gasteiger partial charge is 0.0465 e. The van der Waals surface area contributed by atoms with Gasteiger partial charge in [0.15, 0.2) is 0 Å². The Morgan fingerprint density at radius 3 is 1.53 bits per heavy atom. The summed E-state index contributed by atoms with van der Waals surface area (Å²) in [5.41, 5.74) is 22.2. The van der Waals surface area contributed by atoms with Gasteiger partial charge in [-0.15, -0.1) is 0 Å². The predicted molar refractivity (Wildman–Crippen MR) is 254 cm³/mol. The molecule has 288 valence electrons. The number of hydrogen-bond acceptors (Lipinski definition) is 1. The van der Waals surface area contributed by atoms with Gasteiger partial charge in [-0.1, -0.05) is 163 Å². The minimum atomic E-state index is -0.198.